The molecule has 0 spiro atoms. The van der Waals surface area contributed by atoms with E-state index in [1.165, 1.54) is 23.5 Å². The number of pyridine rings is 2. The van der Waals surface area contributed by atoms with E-state index in [-0.39, 0.29) is 17.6 Å². The molecule has 0 N–H and O–H groups in total. The average Bonchev–Trinajstić information content (AvgIpc) is 3.42. The lowest BCUT2D eigenvalue weighted by atomic mass is 9.69. The zero-order valence-corrected chi connectivity index (χ0v) is 23.5. The summed E-state index contributed by atoms with van der Waals surface area (Å²) in [4.78, 5) is 34.9. The van der Waals surface area contributed by atoms with E-state index < -0.39 is 29.6 Å². The fraction of sp³-hybridized carbons (Fsp3) is 0.500. The van der Waals surface area contributed by atoms with Gasteiger partial charge in [-0.3, -0.25) is 9.97 Å². The minimum absolute atomic E-state index is 0.0951. The van der Waals surface area contributed by atoms with E-state index in [9.17, 15) is 9.59 Å². The Morgan fingerprint density at radius 1 is 0.974 bits per heavy atom. The summed E-state index contributed by atoms with van der Waals surface area (Å²) in [5, 5.41) is 0. The van der Waals surface area contributed by atoms with Crippen molar-refractivity contribution in [1.82, 2.24) is 9.97 Å². The topological polar surface area (TPSA) is 90.9 Å². The zero-order chi connectivity index (χ0) is 27.8. The van der Waals surface area contributed by atoms with Crippen LogP contribution in [-0.2, 0) is 14.2 Å². The van der Waals surface area contributed by atoms with Crippen LogP contribution in [0.2, 0.25) is 0 Å². The molecule has 2 fully saturated rings. The number of hydrogen-bond acceptors (Lipinski definition) is 7. The normalized spacial score (nSPS) is 33.5. The number of ether oxygens (including phenoxy) is 3. The third kappa shape index (κ3) is 5.55. The lowest BCUT2D eigenvalue weighted by Gasteiger charge is -2.42. The molecule has 1 saturated carbocycles. The second-order valence-corrected chi connectivity index (χ2v) is 11.9. The molecule has 0 aromatic carbocycles. The lowest BCUT2D eigenvalue weighted by Crippen LogP contribution is -2.46. The van der Waals surface area contributed by atoms with Crippen molar-refractivity contribution in [3.8, 4) is 0 Å². The summed E-state index contributed by atoms with van der Waals surface area (Å²) in [6, 6.07) is 6.91. The van der Waals surface area contributed by atoms with Crippen molar-refractivity contribution in [2.75, 3.05) is 0 Å². The molecule has 5 rings (SSSR count). The van der Waals surface area contributed by atoms with Gasteiger partial charge in [-0.05, 0) is 83.7 Å². The first kappa shape index (κ1) is 27.3. The second kappa shape index (κ2) is 10.7. The SMILES string of the molecule is CC(C)=C1CC[C@]2(C)[C@@H](OC(=O)c3cccnc3)/C=C(\C)CC[C@@H]3O[C@@]3(C)C[C@@H](OC(=O)c3cccnc3)[C@@H]12. The van der Waals surface area contributed by atoms with Crippen LogP contribution >= 0.6 is 0 Å². The Balaban J connectivity index is 1.58. The molecular formula is C32H38N2O5. The molecule has 206 valence electrons. The Bertz CT molecular complexity index is 1290. The summed E-state index contributed by atoms with van der Waals surface area (Å²) in [6.45, 7) is 10.6. The van der Waals surface area contributed by atoms with Crippen LogP contribution in [0.4, 0.5) is 0 Å². The minimum atomic E-state index is -0.505. The van der Waals surface area contributed by atoms with Gasteiger partial charge in [0.2, 0.25) is 0 Å². The van der Waals surface area contributed by atoms with Crippen LogP contribution in [0.3, 0.4) is 0 Å². The molecule has 2 aliphatic carbocycles. The van der Waals surface area contributed by atoms with Crippen molar-refractivity contribution in [3.63, 3.8) is 0 Å². The smallest absolute Gasteiger partial charge is 0.340 e. The predicted molar refractivity (Wildman–Crippen MR) is 147 cm³/mol. The molecule has 3 aliphatic rings. The van der Waals surface area contributed by atoms with Crippen LogP contribution in [0.1, 0.15) is 87.4 Å². The lowest BCUT2D eigenvalue weighted by molar-refractivity contribution is -0.0473. The number of allylic oxidation sites excluding steroid dienone is 2. The molecule has 1 aliphatic heterocycles. The third-order valence-corrected chi connectivity index (χ3v) is 8.85. The van der Waals surface area contributed by atoms with Crippen LogP contribution in [-0.4, -0.2) is 45.8 Å². The van der Waals surface area contributed by atoms with E-state index in [1.54, 1.807) is 36.7 Å². The number of fused-ring (bicyclic) bond motifs is 2. The average molecular weight is 531 g/mol. The van der Waals surface area contributed by atoms with Gasteiger partial charge in [0.1, 0.15) is 12.2 Å². The molecule has 0 bridgehead atoms. The number of hydrogen-bond donors (Lipinski definition) is 0. The molecule has 2 aromatic heterocycles. The number of rotatable bonds is 4. The highest BCUT2D eigenvalue weighted by Crippen LogP contribution is 2.57. The predicted octanol–water partition coefficient (Wildman–Crippen LogP) is 6.27. The number of carbonyl (C=O) groups is 2. The standard InChI is InChI=1S/C32H38N2O5/c1-20(2)24-12-13-31(4)27(38-30(36)23-9-7-15-34-19-23)16-21(3)10-11-26-32(5,39-26)17-25(28(24)31)37-29(35)22-8-6-14-33-18-22/h6-9,14-16,18-19,25-28H,10-13,17H2,1-5H3/b21-16+/t25-,26+,27+,28-,31-,32+/m1/s1. The van der Waals surface area contributed by atoms with Gasteiger partial charge < -0.3 is 14.2 Å². The van der Waals surface area contributed by atoms with Gasteiger partial charge in [-0.15, -0.1) is 0 Å². The Kier molecular flexibility index (Phi) is 7.47. The molecule has 0 unspecified atom stereocenters. The van der Waals surface area contributed by atoms with Crippen molar-refractivity contribution in [2.45, 2.75) is 90.6 Å². The Morgan fingerprint density at radius 2 is 1.62 bits per heavy atom. The summed E-state index contributed by atoms with van der Waals surface area (Å²) in [6.07, 6.45) is 11.5. The first-order valence-electron chi connectivity index (χ1n) is 13.8. The molecule has 3 heterocycles. The van der Waals surface area contributed by atoms with Gasteiger partial charge in [-0.25, -0.2) is 9.59 Å². The van der Waals surface area contributed by atoms with Gasteiger partial charge in [0.25, 0.3) is 0 Å². The van der Waals surface area contributed by atoms with Gasteiger partial charge in [-0.2, -0.15) is 0 Å². The highest BCUT2D eigenvalue weighted by atomic mass is 16.6. The van der Waals surface area contributed by atoms with E-state index in [1.807, 2.05) is 0 Å². The van der Waals surface area contributed by atoms with E-state index in [4.69, 9.17) is 14.2 Å². The van der Waals surface area contributed by atoms with Crippen LogP contribution in [0, 0.1) is 11.3 Å². The maximum atomic E-state index is 13.4. The summed E-state index contributed by atoms with van der Waals surface area (Å²) < 4.78 is 18.9. The molecule has 2 aromatic rings. The van der Waals surface area contributed by atoms with E-state index in [0.29, 0.717) is 17.5 Å². The molecular weight excluding hydrogens is 492 g/mol. The maximum absolute atomic E-state index is 13.4. The highest BCUT2D eigenvalue weighted by molar-refractivity contribution is 5.89. The molecule has 7 heteroatoms. The van der Waals surface area contributed by atoms with Crippen LogP contribution < -0.4 is 0 Å². The van der Waals surface area contributed by atoms with Crippen molar-refractivity contribution < 1.29 is 23.8 Å². The van der Waals surface area contributed by atoms with Gasteiger partial charge in [0.15, 0.2) is 0 Å². The number of nitrogens with zero attached hydrogens (tertiary/aromatic N) is 2. The van der Waals surface area contributed by atoms with Crippen molar-refractivity contribution >= 4 is 11.9 Å². The van der Waals surface area contributed by atoms with E-state index in [2.05, 4.69) is 50.7 Å². The second-order valence-electron chi connectivity index (χ2n) is 11.9. The number of carbonyl (C=O) groups excluding carboxylic acids is 2. The first-order chi connectivity index (χ1) is 18.6. The maximum Gasteiger partial charge on any atom is 0.340 e. The first-order valence-corrected chi connectivity index (χ1v) is 13.8. The van der Waals surface area contributed by atoms with Crippen LogP contribution in [0.25, 0.3) is 0 Å². The fourth-order valence-corrected chi connectivity index (χ4v) is 6.52. The summed E-state index contributed by atoms with van der Waals surface area (Å²) in [5.41, 5.74) is 3.58. The molecule has 0 amide bonds. The zero-order valence-electron chi connectivity index (χ0n) is 23.5. The van der Waals surface area contributed by atoms with Crippen molar-refractivity contribution in [1.29, 1.82) is 0 Å². The fourth-order valence-electron chi connectivity index (χ4n) is 6.52. The van der Waals surface area contributed by atoms with Crippen molar-refractivity contribution in [3.05, 3.63) is 83.0 Å². The molecule has 0 radical (unpaired) electrons. The molecule has 7 nitrogen and oxygen atoms in total. The van der Waals surface area contributed by atoms with Gasteiger partial charge >= 0.3 is 11.9 Å². The quantitative estimate of drug-likeness (QED) is 0.261. The monoisotopic (exact) mass is 530 g/mol. The van der Waals surface area contributed by atoms with Gasteiger partial charge in [-0.1, -0.05) is 23.6 Å². The Labute approximate surface area is 230 Å². The molecule has 6 atom stereocenters. The summed E-state index contributed by atoms with van der Waals surface area (Å²) >= 11 is 0. The van der Waals surface area contributed by atoms with Gasteiger partial charge in [0, 0.05) is 42.5 Å². The van der Waals surface area contributed by atoms with Crippen LogP contribution in [0.5, 0.6) is 0 Å². The summed E-state index contributed by atoms with van der Waals surface area (Å²) in [7, 11) is 0. The van der Waals surface area contributed by atoms with Gasteiger partial charge in [0.05, 0.1) is 22.8 Å². The Hall–Kier alpha value is -3.32. The van der Waals surface area contributed by atoms with Crippen molar-refractivity contribution in [2.24, 2.45) is 11.3 Å². The molecule has 1 saturated heterocycles. The third-order valence-electron chi connectivity index (χ3n) is 8.85. The molecule has 39 heavy (non-hydrogen) atoms. The van der Waals surface area contributed by atoms with E-state index in [0.717, 1.165) is 31.3 Å². The van der Waals surface area contributed by atoms with E-state index >= 15 is 0 Å². The Morgan fingerprint density at radius 3 is 2.21 bits per heavy atom. The minimum Gasteiger partial charge on any atom is -0.458 e. The summed E-state index contributed by atoms with van der Waals surface area (Å²) in [5.74, 6) is -0.958. The highest BCUT2D eigenvalue weighted by Gasteiger charge is 2.59. The number of aromatic nitrogens is 2. The van der Waals surface area contributed by atoms with Crippen LogP contribution in [0.15, 0.2) is 71.8 Å². The largest absolute Gasteiger partial charge is 0.458 e. The number of epoxide rings is 1. The number of esters is 2.